The number of halogens is 2. The van der Waals surface area contributed by atoms with Crippen LogP contribution in [-0.2, 0) is 17.8 Å². The van der Waals surface area contributed by atoms with Crippen LogP contribution in [-0.4, -0.2) is 77.0 Å². The summed E-state index contributed by atoms with van der Waals surface area (Å²) in [6.07, 6.45) is -0.00443. The van der Waals surface area contributed by atoms with Gasteiger partial charge in [-0.1, -0.05) is 44.2 Å². The van der Waals surface area contributed by atoms with Gasteiger partial charge < -0.3 is 25.5 Å². The second kappa shape index (κ2) is 15.7. The van der Waals surface area contributed by atoms with Crippen molar-refractivity contribution in [3.8, 4) is 0 Å². The second-order valence-electron chi connectivity index (χ2n) is 11.6. The number of benzene rings is 3. The summed E-state index contributed by atoms with van der Waals surface area (Å²) in [5, 5.41) is 17.5. The molecule has 3 atom stereocenters. The Balaban J connectivity index is 1.60. The van der Waals surface area contributed by atoms with Crippen LogP contribution in [0, 0.1) is 18.6 Å². The van der Waals surface area contributed by atoms with E-state index in [2.05, 4.69) is 10.6 Å². The Kier molecular flexibility index (Phi) is 11.8. The normalized spacial score (nSPS) is 16.3. The first kappa shape index (κ1) is 33.7. The predicted molar refractivity (Wildman–Crippen MR) is 169 cm³/mol. The van der Waals surface area contributed by atoms with Gasteiger partial charge in [0.25, 0.3) is 11.8 Å². The van der Waals surface area contributed by atoms with Crippen molar-refractivity contribution < 1.29 is 28.3 Å². The number of carbonyl (C=O) groups is 3. The molecule has 1 heterocycles. The molecule has 0 bridgehead atoms. The van der Waals surface area contributed by atoms with Crippen LogP contribution in [0.1, 0.15) is 64.1 Å². The molecule has 1 fully saturated rings. The van der Waals surface area contributed by atoms with Gasteiger partial charge in [-0.2, -0.15) is 0 Å². The molecule has 1 saturated heterocycles. The highest BCUT2D eigenvalue weighted by atomic mass is 19.1. The lowest BCUT2D eigenvalue weighted by molar-refractivity contribution is -0.140. The molecule has 3 aromatic rings. The van der Waals surface area contributed by atoms with Crippen molar-refractivity contribution in [1.29, 1.82) is 0 Å². The van der Waals surface area contributed by atoms with Crippen LogP contribution in [0.25, 0.3) is 0 Å². The predicted octanol–water partition coefficient (Wildman–Crippen LogP) is 4.24. The number of nitrogens with zero attached hydrogens (tertiary/aromatic N) is 2. The number of aliphatic hydroxyl groups is 1. The lowest BCUT2D eigenvalue weighted by Crippen LogP contribution is -2.63. The number of aliphatic hydroxyl groups excluding tert-OH is 1. The van der Waals surface area contributed by atoms with Crippen molar-refractivity contribution in [2.45, 2.75) is 64.8 Å². The van der Waals surface area contributed by atoms with Gasteiger partial charge in [0.15, 0.2) is 0 Å². The molecule has 0 aliphatic carbocycles. The minimum Gasteiger partial charge on any atom is -0.389 e. The van der Waals surface area contributed by atoms with Gasteiger partial charge in [-0.15, -0.1) is 0 Å². The van der Waals surface area contributed by atoms with Gasteiger partial charge in [0.1, 0.15) is 17.7 Å². The summed E-state index contributed by atoms with van der Waals surface area (Å²) in [4.78, 5) is 44.0. The molecule has 8 nitrogen and oxygen atoms in total. The number of amides is 3. The maximum Gasteiger partial charge on any atom is 0.253 e. The van der Waals surface area contributed by atoms with Gasteiger partial charge >= 0.3 is 0 Å². The van der Waals surface area contributed by atoms with E-state index in [1.165, 1.54) is 6.07 Å². The first-order chi connectivity index (χ1) is 21.6. The first-order valence-electron chi connectivity index (χ1n) is 15.5. The molecular formula is C35H42F2N4O4. The Morgan fingerprint density at radius 2 is 1.62 bits per heavy atom. The minimum absolute atomic E-state index is 0.149. The maximum absolute atomic E-state index is 14.1. The van der Waals surface area contributed by atoms with Crippen molar-refractivity contribution >= 4 is 17.7 Å². The smallest absolute Gasteiger partial charge is 0.253 e. The van der Waals surface area contributed by atoms with E-state index in [-0.39, 0.29) is 29.4 Å². The zero-order chi connectivity index (χ0) is 32.5. The molecule has 1 aliphatic heterocycles. The Hall–Kier alpha value is -4.15. The van der Waals surface area contributed by atoms with Crippen LogP contribution in [0.2, 0.25) is 0 Å². The molecule has 10 heteroatoms. The van der Waals surface area contributed by atoms with Crippen molar-refractivity contribution in [2.75, 3.05) is 26.2 Å². The topological polar surface area (TPSA) is 102 Å². The van der Waals surface area contributed by atoms with E-state index in [1.807, 2.05) is 44.2 Å². The van der Waals surface area contributed by atoms with Gasteiger partial charge in [0, 0.05) is 49.9 Å². The molecule has 1 unspecified atom stereocenters. The quantitative estimate of drug-likeness (QED) is 0.266. The molecule has 0 radical (unpaired) electrons. The van der Waals surface area contributed by atoms with Gasteiger partial charge in [-0.25, -0.2) is 8.78 Å². The molecule has 45 heavy (non-hydrogen) atoms. The van der Waals surface area contributed by atoms with Crippen molar-refractivity contribution in [2.24, 2.45) is 0 Å². The highest BCUT2D eigenvalue weighted by Crippen LogP contribution is 2.19. The van der Waals surface area contributed by atoms with Crippen molar-refractivity contribution in [3.05, 3.63) is 106 Å². The number of nitrogens with one attached hydrogen (secondary N) is 2. The monoisotopic (exact) mass is 620 g/mol. The van der Waals surface area contributed by atoms with Crippen LogP contribution in [0.3, 0.4) is 0 Å². The number of piperazine rings is 1. The largest absolute Gasteiger partial charge is 0.389 e. The second-order valence-corrected chi connectivity index (χ2v) is 11.6. The SMILES string of the molecule is CCCN(CCC)C(=O)c1cc(C)cc(C(=O)N[C@@H](Cc2cc(F)cc(F)c2)[C@H](O)C2NCCN(Cc3ccccc3)C2=O)c1. The molecular weight excluding hydrogens is 578 g/mol. The molecule has 3 aromatic carbocycles. The molecule has 4 rings (SSSR count). The third kappa shape index (κ3) is 8.95. The van der Waals surface area contributed by atoms with Crippen LogP contribution >= 0.6 is 0 Å². The van der Waals surface area contributed by atoms with Gasteiger partial charge in [0.2, 0.25) is 5.91 Å². The standard InChI is InChI=1S/C35H42F2N4O4/c1-4-12-40(13-5-2)34(44)27-16-23(3)15-26(20-27)33(43)39-30(19-25-17-28(36)21-29(37)18-25)32(42)31-35(45)41(14-11-38-31)22-24-9-7-6-8-10-24/h6-10,15-18,20-21,30-32,38,42H,4-5,11-14,19,22H2,1-3H3,(H,39,43)/t30-,31?,32-/m0/s1. The number of hydrogen-bond acceptors (Lipinski definition) is 5. The summed E-state index contributed by atoms with van der Waals surface area (Å²) in [5.41, 5.74) is 2.40. The average Bonchev–Trinajstić information content (AvgIpc) is 3.00. The molecule has 0 aromatic heterocycles. The van der Waals surface area contributed by atoms with Crippen molar-refractivity contribution in [1.82, 2.24) is 20.4 Å². The fraction of sp³-hybridized carbons (Fsp3) is 0.400. The van der Waals surface area contributed by atoms with E-state index < -0.39 is 35.7 Å². The average molecular weight is 621 g/mol. The Morgan fingerprint density at radius 1 is 0.978 bits per heavy atom. The zero-order valence-electron chi connectivity index (χ0n) is 26.1. The lowest BCUT2D eigenvalue weighted by Gasteiger charge is -2.38. The highest BCUT2D eigenvalue weighted by Gasteiger charge is 2.38. The Bertz CT molecular complexity index is 1460. The lowest BCUT2D eigenvalue weighted by atomic mass is 9.93. The third-order valence-corrected chi connectivity index (χ3v) is 7.85. The van der Waals surface area contributed by atoms with E-state index in [9.17, 15) is 28.3 Å². The summed E-state index contributed by atoms with van der Waals surface area (Å²) < 4.78 is 28.2. The molecule has 240 valence electrons. The summed E-state index contributed by atoms with van der Waals surface area (Å²) >= 11 is 0. The van der Waals surface area contributed by atoms with Gasteiger partial charge in [-0.3, -0.25) is 14.4 Å². The van der Waals surface area contributed by atoms with Crippen LogP contribution in [0.4, 0.5) is 8.78 Å². The van der Waals surface area contributed by atoms with E-state index >= 15 is 0 Å². The summed E-state index contributed by atoms with van der Waals surface area (Å²) in [6.45, 7) is 8.13. The number of rotatable bonds is 13. The van der Waals surface area contributed by atoms with E-state index in [0.717, 1.165) is 36.6 Å². The fourth-order valence-electron chi connectivity index (χ4n) is 5.78. The van der Waals surface area contributed by atoms with Gasteiger partial charge in [-0.05, 0) is 73.2 Å². The van der Waals surface area contributed by atoms with E-state index in [1.54, 1.807) is 28.9 Å². The Morgan fingerprint density at radius 3 is 2.27 bits per heavy atom. The summed E-state index contributed by atoms with van der Waals surface area (Å²) in [6, 6.07) is 15.2. The van der Waals surface area contributed by atoms with Crippen LogP contribution < -0.4 is 10.6 Å². The molecule has 1 aliphatic rings. The molecule has 3 amide bonds. The number of carbonyl (C=O) groups excluding carboxylic acids is 3. The first-order valence-corrected chi connectivity index (χ1v) is 15.5. The van der Waals surface area contributed by atoms with Crippen molar-refractivity contribution in [3.63, 3.8) is 0 Å². The third-order valence-electron chi connectivity index (χ3n) is 7.85. The fourth-order valence-corrected chi connectivity index (χ4v) is 5.78. The minimum atomic E-state index is -1.44. The molecule has 0 saturated carbocycles. The maximum atomic E-state index is 14.1. The van der Waals surface area contributed by atoms with E-state index in [0.29, 0.717) is 43.9 Å². The highest BCUT2D eigenvalue weighted by molar-refractivity contribution is 6.00. The number of hydrogen-bond donors (Lipinski definition) is 3. The molecule has 3 N–H and O–H groups in total. The molecule has 0 spiro atoms. The number of aryl methyl sites for hydroxylation is 1. The van der Waals surface area contributed by atoms with E-state index in [4.69, 9.17) is 0 Å². The zero-order valence-corrected chi connectivity index (χ0v) is 26.1. The van der Waals surface area contributed by atoms with Gasteiger partial charge in [0.05, 0.1) is 12.1 Å². The van der Waals surface area contributed by atoms with Crippen LogP contribution in [0.5, 0.6) is 0 Å². The van der Waals surface area contributed by atoms with Crippen LogP contribution in [0.15, 0.2) is 66.7 Å². The summed E-state index contributed by atoms with van der Waals surface area (Å²) in [5.74, 6) is -2.71. The Labute approximate surface area is 263 Å². The summed E-state index contributed by atoms with van der Waals surface area (Å²) in [7, 11) is 0.